The Hall–Kier alpha value is -7.73. The highest BCUT2D eigenvalue weighted by Gasteiger charge is 2.20. The van der Waals surface area contributed by atoms with Crippen LogP contribution in [0.1, 0.15) is 0 Å². The lowest BCUT2D eigenvalue weighted by Crippen LogP contribution is -2.00. The average Bonchev–Trinajstić information content (AvgIpc) is 3.87. The van der Waals surface area contributed by atoms with Gasteiger partial charge in [0, 0.05) is 53.3 Å². The molecule has 12 rings (SSSR count). The molecule has 9 aromatic carbocycles. The molecule has 5 heteroatoms. The third-order valence-electron chi connectivity index (χ3n) is 11.7. The topological polar surface area (TPSA) is 43.6 Å². The number of rotatable bonds is 6. The molecule has 0 saturated heterocycles. The second kappa shape index (κ2) is 14.0. The maximum absolute atomic E-state index is 5.20. The molecule has 0 unspecified atom stereocenters. The van der Waals surface area contributed by atoms with Gasteiger partial charge in [-0.05, 0) is 69.4 Å². The van der Waals surface area contributed by atoms with Crippen LogP contribution in [0.2, 0.25) is 0 Å². The molecule has 3 aromatic heterocycles. The van der Waals surface area contributed by atoms with E-state index in [1.54, 1.807) is 0 Å². The Morgan fingerprint density at radius 1 is 0.333 bits per heavy atom. The molecular formula is C55H34N4S. The molecule has 0 aliphatic heterocycles. The third kappa shape index (κ3) is 5.70. The molecule has 3 heterocycles. The lowest BCUT2D eigenvalue weighted by molar-refractivity contribution is 1.08. The SMILES string of the molecule is c1ccc(-c2ccc(-c3nc(-c4ccccc4)nc(-c4cccc5sc6cc(-n7c8ccc(-c9ccccc9)cc8c8c9ccccc9ccc87)ccc6c45)n3)cc2)cc1. The van der Waals surface area contributed by atoms with Gasteiger partial charge in [-0.1, -0.05) is 170 Å². The highest BCUT2D eigenvalue weighted by Crippen LogP contribution is 2.43. The van der Waals surface area contributed by atoms with Crippen LogP contribution in [-0.4, -0.2) is 19.5 Å². The summed E-state index contributed by atoms with van der Waals surface area (Å²) in [6.07, 6.45) is 0. The standard InChI is InChI=1S/C55H34N4S/c1-4-13-35(14-5-1)37-23-25-40(26-24-37)54-56-53(39-18-8-3-9-19-39)57-55(58-54)45-21-12-22-49-52(45)44-30-29-42(34-50(44)60-49)59-47-31-28-41(36-15-6-2-7-16-36)33-46(47)51-43-20-11-10-17-38(43)27-32-48(51)59/h1-34H. The highest BCUT2D eigenvalue weighted by atomic mass is 32.1. The van der Waals surface area contributed by atoms with Crippen molar-refractivity contribution in [2.75, 3.05) is 0 Å². The summed E-state index contributed by atoms with van der Waals surface area (Å²) < 4.78 is 4.83. The Kier molecular flexibility index (Phi) is 8.00. The van der Waals surface area contributed by atoms with E-state index in [1.807, 2.05) is 35.6 Å². The van der Waals surface area contributed by atoms with Crippen molar-refractivity contribution in [3.05, 3.63) is 206 Å². The van der Waals surface area contributed by atoms with Crippen LogP contribution < -0.4 is 0 Å². The van der Waals surface area contributed by atoms with Gasteiger partial charge < -0.3 is 4.57 Å². The monoisotopic (exact) mass is 782 g/mol. The summed E-state index contributed by atoms with van der Waals surface area (Å²) in [5.41, 5.74) is 11.1. The third-order valence-corrected chi connectivity index (χ3v) is 12.8. The van der Waals surface area contributed by atoms with Crippen molar-refractivity contribution in [1.82, 2.24) is 19.5 Å². The van der Waals surface area contributed by atoms with Crippen molar-refractivity contribution in [1.29, 1.82) is 0 Å². The number of nitrogens with zero attached hydrogens (tertiary/aromatic N) is 4. The second-order valence-corrected chi connectivity index (χ2v) is 16.3. The first-order chi connectivity index (χ1) is 29.7. The first-order valence-electron chi connectivity index (χ1n) is 20.2. The molecule has 0 aliphatic rings. The molecule has 0 bridgehead atoms. The van der Waals surface area contributed by atoms with Crippen LogP contribution in [0.5, 0.6) is 0 Å². The average molecular weight is 783 g/mol. The first-order valence-corrected chi connectivity index (χ1v) is 21.0. The molecule has 12 aromatic rings. The molecule has 0 aliphatic carbocycles. The van der Waals surface area contributed by atoms with Crippen LogP contribution in [0.25, 0.3) is 115 Å². The predicted molar refractivity (Wildman–Crippen MR) is 252 cm³/mol. The van der Waals surface area contributed by atoms with E-state index in [0.717, 1.165) is 33.3 Å². The van der Waals surface area contributed by atoms with Gasteiger partial charge >= 0.3 is 0 Å². The van der Waals surface area contributed by atoms with E-state index in [-0.39, 0.29) is 0 Å². The molecule has 0 fully saturated rings. The van der Waals surface area contributed by atoms with Crippen molar-refractivity contribution in [2.45, 2.75) is 0 Å². The Bertz CT molecular complexity index is 3570. The fourth-order valence-electron chi connectivity index (χ4n) is 8.80. The van der Waals surface area contributed by atoms with Gasteiger partial charge in [-0.15, -0.1) is 11.3 Å². The molecule has 0 radical (unpaired) electrons. The van der Waals surface area contributed by atoms with Crippen molar-refractivity contribution in [3.8, 4) is 62.1 Å². The summed E-state index contributed by atoms with van der Waals surface area (Å²) in [7, 11) is 0. The fourth-order valence-corrected chi connectivity index (χ4v) is 9.97. The molecular weight excluding hydrogens is 749 g/mol. The molecule has 60 heavy (non-hydrogen) atoms. The van der Waals surface area contributed by atoms with E-state index >= 15 is 0 Å². The minimum atomic E-state index is 0.645. The summed E-state index contributed by atoms with van der Waals surface area (Å²) in [4.78, 5) is 15.4. The van der Waals surface area contributed by atoms with Gasteiger partial charge in [-0.25, -0.2) is 15.0 Å². The lowest BCUT2D eigenvalue weighted by atomic mass is 10.0. The fraction of sp³-hybridized carbons (Fsp3) is 0. The van der Waals surface area contributed by atoms with Crippen molar-refractivity contribution >= 4 is 64.1 Å². The Labute approximate surface area is 350 Å². The predicted octanol–water partition coefficient (Wildman–Crippen LogP) is 14.8. The first kappa shape index (κ1) is 34.3. The summed E-state index contributed by atoms with van der Waals surface area (Å²) in [6.45, 7) is 0. The largest absolute Gasteiger partial charge is 0.309 e. The van der Waals surface area contributed by atoms with Gasteiger partial charge in [0.2, 0.25) is 0 Å². The van der Waals surface area contributed by atoms with Gasteiger partial charge in [-0.2, -0.15) is 0 Å². The number of benzene rings is 9. The molecule has 0 amide bonds. The van der Waals surface area contributed by atoms with Crippen LogP contribution >= 0.6 is 11.3 Å². The molecule has 280 valence electrons. The van der Waals surface area contributed by atoms with E-state index in [2.05, 4.69) is 187 Å². The van der Waals surface area contributed by atoms with Crippen LogP contribution in [-0.2, 0) is 0 Å². The van der Waals surface area contributed by atoms with Crippen LogP contribution in [0.4, 0.5) is 0 Å². The molecule has 0 atom stereocenters. The van der Waals surface area contributed by atoms with E-state index in [0.29, 0.717) is 17.5 Å². The minimum Gasteiger partial charge on any atom is -0.309 e. The van der Waals surface area contributed by atoms with Crippen LogP contribution in [0.3, 0.4) is 0 Å². The summed E-state index contributed by atoms with van der Waals surface area (Å²) in [6, 6.07) is 73.3. The van der Waals surface area contributed by atoms with E-state index in [9.17, 15) is 0 Å². The van der Waals surface area contributed by atoms with E-state index in [1.165, 1.54) is 64.1 Å². The number of hydrogen-bond acceptors (Lipinski definition) is 4. The zero-order chi connectivity index (χ0) is 39.6. The Morgan fingerprint density at radius 2 is 0.917 bits per heavy atom. The maximum Gasteiger partial charge on any atom is 0.164 e. The normalized spacial score (nSPS) is 11.7. The maximum atomic E-state index is 5.20. The molecule has 0 spiro atoms. The quantitative estimate of drug-likeness (QED) is 0.169. The summed E-state index contributed by atoms with van der Waals surface area (Å²) >= 11 is 1.81. The lowest BCUT2D eigenvalue weighted by Gasteiger charge is -2.11. The zero-order valence-corrected chi connectivity index (χ0v) is 33.1. The minimum absolute atomic E-state index is 0.645. The van der Waals surface area contributed by atoms with Crippen molar-refractivity contribution in [3.63, 3.8) is 0 Å². The van der Waals surface area contributed by atoms with Gasteiger partial charge in [0.15, 0.2) is 17.5 Å². The molecule has 4 nitrogen and oxygen atoms in total. The van der Waals surface area contributed by atoms with Gasteiger partial charge in [0.1, 0.15) is 0 Å². The van der Waals surface area contributed by atoms with Crippen LogP contribution in [0, 0.1) is 0 Å². The van der Waals surface area contributed by atoms with E-state index < -0.39 is 0 Å². The number of thiophene rings is 1. The number of hydrogen-bond donors (Lipinski definition) is 0. The molecule has 0 saturated carbocycles. The van der Waals surface area contributed by atoms with Gasteiger partial charge in [0.05, 0.1) is 11.0 Å². The van der Waals surface area contributed by atoms with Crippen molar-refractivity contribution in [2.24, 2.45) is 0 Å². The zero-order valence-electron chi connectivity index (χ0n) is 32.3. The van der Waals surface area contributed by atoms with Crippen LogP contribution in [0.15, 0.2) is 206 Å². The van der Waals surface area contributed by atoms with Gasteiger partial charge in [-0.3, -0.25) is 0 Å². The highest BCUT2D eigenvalue weighted by molar-refractivity contribution is 7.26. The smallest absolute Gasteiger partial charge is 0.164 e. The van der Waals surface area contributed by atoms with Crippen molar-refractivity contribution < 1.29 is 0 Å². The number of aromatic nitrogens is 4. The second-order valence-electron chi connectivity index (χ2n) is 15.2. The Balaban J connectivity index is 1.03. The molecule has 0 N–H and O–H groups in total. The van der Waals surface area contributed by atoms with Gasteiger partial charge in [0.25, 0.3) is 0 Å². The summed E-state index contributed by atoms with van der Waals surface area (Å²) in [5.74, 6) is 1.95. The number of fused-ring (bicyclic) bond motifs is 8. The Morgan fingerprint density at radius 3 is 1.67 bits per heavy atom. The summed E-state index contributed by atoms with van der Waals surface area (Å²) in [5, 5.41) is 7.35. The van der Waals surface area contributed by atoms with E-state index in [4.69, 9.17) is 15.0 Å².